The minimum atomic E-state index is -4.00. The first-order chi connectivity index (χ1) is 12.9. The van der Waals surface area contributed by atoms with Gasteiger partial charge in [0.15, 0.2) is 0 Å². The summed E-state index contributed by atoms with van der Waals surface area (Å²) in [6, 6.07) is 14.2. The maximum Gasteiger partial charge on any atom is 0.263 e. The molecule has 0 aliphatic heterocycles. The molecule has 0 bridgehead atoms. The van der Waals surface area contributed by atoms with Crippen molar-refractivity contribution in [2.24, 2.45) is 0 Å². The summed E-state index contributed by atoms with van der Waals surface area (Å²) in [5, 5.41) is 8.77. The third kappa shape index (κ3) is 4.00. The largest absolute Gasteiger partial charge is 0.380 e. The van der Waals surface area contributed by atoms with E-state index in [9.17, 15) is 12.8 Å². The van der Waals surface area contributed by atoms with Crippen LogP contribution in [0.25, 0.3) is 11.3 Å². The molecule has 0 fully saturated rings. The lowest BCUT2D eigenvalue weighted by atomic mass is 10.1. The fraction of sp³-hybridized carbons (Fsp3) is 0.105. The Balaban J connectivity index is 1.91. The third-order valence-corrected chi connectivity index (χ3v) is 5.26. The molecule has 0 saturated carbocycles. The lowest BCUT2D eigenvalue weighted by Crippen LogP contribution is -2.13. The summed E-state index contributed by atoms with van der Waals surface area (Å²) in [6.07, 6.45) is 1.34. The number of methoxy groups -OCH3 is 1. The van der Waals surface area contributed by atoms with Gasteiger partial charge in [0, 0.05) is 24.6 Å². The molecule has 0 aliphatic rings. The average molecular weight is 385 g/mol. The molecule has 0 saturated heterocycles. The van der Waals surface area contributed by atoms with Gasteiger partial charge < -0.3 is 9.72 Å². The Bertz CT molecular complexity index is 1120. The lowest BCUT2D eigenvalue weighted by Gasteiger charge is -2.08. The van der Waals surface area contributed by atoms with Crippen molar-refractivity contribution in [3.63, 3.8) is 0 Å². The second-order valence-electron chi connectivity index (χ2n) is 5.75. The molecule has 0 amide bonds. The molecule has 1 heterocycles. The van der Waals surface area contributed by atoms with Crippen LogP contribution in [0.4, 0.5) is 10.1 Å². The van der Waals surface area contributed by atoms with E-state index in [1.54, 1.807) is 13.2 Å². The molecule has 3 rings (SSSR count). The number of hydrogen-bond acceptors (Lipinski definition) is 4. The first-order valence-corrected chi connectivity index (χ1v) is 9.41. The van der Waals surface area contributed by atoms with Crippen LogP contribution < -0.4 is 4.72 Å². The van der Waals surface area contributed by atoms with Crippen LogP contribution in [0, 0.1) is 17.1 Å². The molecule has 0 aliphatic carbocycles. The third-order valence-electron chi connectivity index (χ3n) is 3.92. The van der Waals surface area contributed by atoms with Gasteiger partial charge in [0.1, 0.15) is 10.7 Å². The van der Waals surface area contributed by atoms with E-state index in [4.69, 9.17) is 10.00 Å². The van der Waals surface area contributed by atoms with E-state index in [1.807, 2.05) is 24.3 Å². The zero-order valence-corrected chi connectivity index (χ0v) is 15.2. The predicted octanol–water partition coefficient (Wildman–Crippen LogP) is 3.64. The van der Waals surface area contributed by atoms with Crippen molar-refractivity contribution in [2.75, 3.05) is 11.8 Å². The van der Waals surface area contributed by atoms with E-state index < -0.39 is 15.8 Å². The Morgan fingerprint density at radius 3 is 2.70 bits per heavy atom. The average Bonchev–Trinajstić information content (AvgIpc) is 3.15. The molecule has 3 aromatic rings. The Kier molecular flexibility index (Phi) is 5.26. The minimum Gasteiger partial charge on any atom is -0.380 e. The molecular formula is C19H16FN3O3S. The van der Waals surface area contributed by atoms with Crippen LogP contribution in [0.3, 0.4) is 0 Å². The fourth-order valence-corrected chi connectivity index (χ4v) is 3.68. The van der Waals surface area contributed by atoms with Crippen LogP contribution in [0.5, 0.6) is 0 Å². The van der Waals surface area contributed by atoms with Gasteiger partial charge in [-0.05, 0) is 29.8 Å². The number of anilines is 1. The van der Waals surface area contributed by atoms with Gasteiger partial charge in [0.25, 0.3) is 10.0 Å². The van der Waals surface area contributed by atoms with Gasteiger partial charge in [-0.3, -0.25) is 4.72 Å². The summed E-state index contributed by atoms with van der Waals surface area (Å²) >= 11 is 0. The van der Waals surface area contributed by atoms with Gasteiger partial charge in [0.2, 0.25) is 0 Å². The van der Waals surface area contributed by atoms with Crippen molar-refractivity contribution in [1.82, 2.24) is 4.98 Å². The molecule has 0 spiro atoms. The molecule has 138 valence electrons. The van der Waals surface area contributed by atoms with E-state index in [0.717, 1.165) is 17.2 Å². The zero-order chi connectivity index (χ0) is 19.4. The highest BCUT2D eigenvalue weighted by atomic mass is 32.2. The Morgan fingerprint density at radius 2 is 2.00 bits per heavy atom. The highest BCUT2D eigenvalue weighted by molar-refractivity contribution is 7.92. The smallest absolute Gasteiger partial charge is 0.263 e. The highest BCUT2D eigenvalue weighted by Gasteiger charge is 2.19. The number of nitriles is 1. The van der Waals surface area contributed by atoms with Gasteiger partial charge in [0.05, 0.1) is 23.9 Å². The lowest BCUT2D eigenvalue weighted by molar-refractivity contribution is 0.185. The number of aromatic amines is 1. The summed E-state index contributed by atoms with van der Waals surface area (Å²) in [6.45, 7) is 0.381. The molecule has 6 nitrogen and oxygen atoms in total. The van der Waals surface area contributed by atoms with Crippen LogP contribution in [0.15, 0.2) is 59.6 Å². The van der Waals surface area contributed by atoms with Crippen molar-refractivity contribution in [3.8, 4) is 17.3 Å². The van der Waals surface area contributed by atoms with E-state index in [0.29, 0.717) is 12.3 Å². The monoisotopic (exact) mass is 385 g/mol. The first-order valence-electron chi connectivity index (χ1n) is 7.92. The zero-order valence-electron chi connectivity index (χ0n) is 14.4. The molecule has 8 heteroatoms. The second kappa shape index (κ2) is 7.61. The molecule has 27 heavy (non-hydrogen) atoms. The number of rotatable bonds is 6. The number of nitrogens with zero attached hydrogens (tertiary/aromatic N) is 1. The van der Waals surface area contributed by atoms with Crippen molar-refractivity contribution in [1.29, 1.82) is 5.26 Å². The van der Waals surface area contributed by atoms with Gasteiger partial charge in [-0.2, -0.15) is 5.26 Å². The minimum absolute atomic E-state index is 0.0338. The summed E-state index contributed by atoms with van der Waals surface area (Å²) in [7, 11) is -2.42. The number of H-pyrrole nitrogens is 1. The van der Waals surface area contributed by atoms with E-state index in [1.165, 1.54) is 24.4 Å². The number of hydrogen-bond donors (Lipinski definition) is 2. The maximum atomic E-state index is 14.0. The fourth-order valence-electron chi connectivity index (χ4n) is 2.62. The van der Waals surface area contributed by atoms with Gasteiger partial charge in [-0.1, -0.05) is 24.3 Å². The van der Waals surface area contributed by atoms with E-state index >= 15 is 0 Å². The van der Waals surface area contributed by atoms with E-state index in [-0.39, 0.29) is 16.1 Å². The Hall–Kier alpha value is -3.15. The quantitative estimate of drug-likeness (QED) is 0.677. The van der Waals surface area contributed by atoms with Crippen LogP contribution in [0.1, 0.15) is 11.1 Å². The second-order valence-corrected chi connectivity index (χ2v) is 7.43. The molecule has 2 aromatic carbocycles. The number of ether oxygens (including phenoxy) is 1. The SMILES string of the molecule is COCc1ccccc1-c1cc(S(=O)(=O)Nc2ccc(C#N)cc2F)c[nH]1. The highest BCUT2D eigenvalue weighted by Crippen LogP contribution is 2.27. The summed E-state index contributed by atoms with van der Waals surface area (Å²) in [5.74, 6) is -0.821. The first kappa shape index (κ1) is 18.6. The van der Waals surface area contributed by atoms with Crippen molar-refractivity contribution in [3.05, 3.63) is 71.7 Å². The summed E-state index contributed by atoms with van der Waals surface area (Å²) < 4.78 is 46.5. The van der Waals surface area contributed by atoms with Crippen LogP contribution in [-0.2, 0) is 21.4 Å². The number of benzene rings is 2. The van der Waals surface area contributed by atoms with Gasteiger partial charge >= 0.3 is 0 Å². The maximum absolute atomic E-state index is 14.0. The normalized spacial score (nSPS) is 11.1. The number of sulfonamides is 1. The van der Waals surface area contributed by atoms with Crippen molar-refractivity contribution in [2.45, 2.75) is 11.5 Å². The van der Waals surface area contributed by atoms with Crippen molar-refractivity contribution >= 4 is 15.7 Å². The van der Waals surface area contributed by atoms with E-state index in [2.05, 4.69) is 9.71 Å². The molecule has 0 atom stereocenters. The molecule has 1 aromatic heterocycles. The van der Waals surface area contributed by atoms with Crippen molar-refractivity contribution < 1.29 is 17.5 Å². The standard InChI is InChI=1S/C19H16FN3O3S/c1-26-12-14-4-2-3-5-16(14)19-9-15(11-22-19)27(24,25)23-18-7-6-13(10-21)8-17(18)20/h2-9,11,22-23H,12H2,1H3. The van der Waals surface area contributed by atoms with Gasteiger partial charge in [-0.25, -0.2) is 12.8 Å². The number of aromatic nitrogens is 1. The van der Waals surface area contributed by atoms with Crippen LogP contribution in [0.2, 0.25) is 0 Å². The number of nitrogens with one attached hydrogen (secondary N) is 2. The molecular weight excluding hydrogens is 369 g/mol. The Morgan fingerprint density at radius 1 is 1.22 bits per heavy atom. The molecule has 2 N–H and O–H groups in total. The number of halogens is 1. The summed E-state index contributed by atoms with van der Waals surface area (Å²) in [5.41, 5.74) is 2.19. The van der Waals surface area contributed by atoms with Crippen LogP contribution in [-0.4, -0.2) is 20.5 Å². The Labute approximate surface area is 156 Å². The van der Waals surface area contributed by atoms with Gasteiger partial charge in [-0.15, -0.1) is 0 Å². The summed E-state index contributed by atoms with van der Waals surface area (Å²) in [4.78, 5) is 2.90. The molecule has 0 unspecified atom stereocenters. The topological polar surface area (TPSA) is 95.0 Å². The predicted molar refractivity (Wildman–Crippen MR) is 98.9 cm³/mol. The van der Waals surface area contributed by atoms with Crippen LogP contribution >= 0.6 is 0 Å². The molecule has 0 radical (unpaired) electrons.